The first-order chi connectivity index (χ1) is 12.6. The Labute approximate surface area is 155 Å². The van der Waals surface area contributed by atoms with E-state index in [-0.39, 0.29) is 23.3 Å². The Bertz CT molecular complexity index is 915. The summed E-state index contributed by atoms with van der Waals surface area (Å²) in [7, 11) is 1.72. The normalized spacial score (nSPS) is 25.1. The smallest absolute Gasteiger partial charge is 0.183 e. The largest absolute Gasteiger partial charge is 0.381 e. The summed E-state index contributed by atoms with van der Waals surface area (Å²) in [6, 6.07) is 0.139. The average Bonchev–Trinajstić information content (AvgIpc) is 3.07. The summed E-state index contributed by atoms with van der Waals surface area (Å²) >= 11 is 6.19. The van der Waals surface area contributed by atoms with Gasteiger partial charge < -0.3 is 15.0 Å². The molecule has 0 saturated heterocycles. The van der Waals surface area contributed by atoms with Crippen LogP contribution in [0.15, 0.2) is 17.4 Å². The van der Waals surface area contributed by atoms with Crippen LogP contribution in [0.5, 0.6) is 0 Å². The van der Waals surface area contributed by atoms with Crippen LogP contribution in [-0.2, 0) is 4.74 Å². The maximum absolute atomic E-state index is 14.3. The van der Waals surface area contributed by atoms with Crippen LogP contribution in [0, 0.1) is 5.82 Å². The monoisotopic (exact) mass is 377 g/mol. The van der Waals surface area contributed by atoms with Crippen LogP contribution in [-0.4, -0.2) is 46.1 Å². The molecule has 2 aromatic rings. The van der Waals surface area contributed by atoms with E-state index in [0.29, 0.717) is 12.4 Å². The lowest BCUT2D eigenvalue weighted by Gasteiger charge is -2.29. The van der Waals surface area contributed by atoms with Crippen molar-refractivity contribution in [2.75, 3.05) is 19.0 Å². The van der Waals surface area contributed by atoms with Gasteiger partial charge in [-0.1, -0.05) is 6.08 Å². The molecule has 1 aliphatic heterocycles. The number of fused-ring (bicyclic) bond motifs is 1. The molecule has 138 valence electrons. The highest BCUT2D eigenvalue weighted by Gasteiger charge is 2.23. The molecule has 2 aromatic heterocycles. The molecule has 2 N–H and O–H groups in total. The number of nitrogens with one attached hydrogen (secondary N) is 2. The lowest BCUT2D eigenvalue weighted by atomic mass is 9.93. The van der Waals surface area contributed by atoms with Crippen LogP contribution in [0.4, 0.5) is 10.2 Å². The fraction of sp³-hybridized carbons (Fsp3) is 0.500. The van der Waals surface area contributed by atoms with Crippen molar-refractivity contribution < 1.29 is 9.13 Å². The Hall–Kier alpha value is -1.99. The lowest BCUT2D eigenvalue weighted by Crippen LogP contribution is -2.32. The summed E-state index contributed by atoms with van der Waals surface area (Å²) in [5, 5.41) is 3.93. The molecule has 2 aliphatic rings. The molecular weight excluding hydrogens is 357 g/mol. The number of anilines is 1. The lowest BCUT2D eigenvalue weighted by molar-refractivity contribution is 0.0668. The Balaban J connectivity index is 1.64. The molecule has 3 heterocycles. The van der Waals surface area contributed by atoms with Gasteiger partial charge in [0.05, 0.1) is 24.2 Å². The highest BCUT2D eigenvalue weighted by atomic mass is 35.5. The van der Waals surface area contributed by atoms with Crippen LogP contribution in [0.3, 0.4) is 0 Å². The third-order valence-electron chi connectivity index (χ3n) is 4.96. The van der Waals surface area contributed by atoms with E-state index in [1.54, 1.807) is 13.3 Å². The summed E-state index contributed by atoms with van der Waals surface area (Å²) in [5.74, 6) is 0.214. The molecule has 1 aliphatic carbocycles. The molecule has 0 bridgehead atoms. The van der Waals surface area contributed by atoms with E-state index in [2.05, 4.69) is 25.3 Å². The second-order valence-corrected chi connectivity index (χ2v) is 7.30. The number of ether oxygens (including phenoxy) is 1. The average molecular weight is 378 g/mol. The van der Waals surface area contributed by atoms with Crippen molar-refractivity contribution in [3.8, 4) is 11.4 Å². The quantitative estimate of drug-likeness (QED) is 0.799. The first-order valence-electron chi connectivity index (χ1n) is 8.84. The molecule has 0 amide bonds. The van der Waals surface area contributed by atoms with Crippen molar-refractivity contribution in [2.24, 2.45) is 4.99 Å². The van der Waals surface area contributed by atoms with E-state index in [1.807, 2.05) is 6.08 Å². The van der Waals surface area contributed by atoms with Gasteiger partial charge in [-0.05, 0) is 25.7 Å². The first kappa shape index (κ1) is 17.4. The number of rotatable bonds is 4. The minimum absolute atomic E-state index is 0.139. The summed E-state index contributed by atoms with van der Waals surface area (Å²) in [5.41, 5.74) is 1.53. The van der Waals surface area contributed by atoms with E-state index < -0.39 is 5.82 Å². The van der Waals surface area contributed by atoms with Crippen molar-refractivity contribution in [3.05, 3.63) is 28.9 Å². The van der Waals surface area contributed by atoms with Crippen molar-refractivity contribution in [1.29, 1.82) is 0 Å². The molecule has 1 saturated carbocycles. The van der Waals surface area contributed by atoms with Crippen LogP contribution in [0.1, 0.15) is 25.7 Å². The number of methoxy groups -OCH3 is 1. The van der Waals surface area contributed by atoms with Crippen molar-refractivity contribution >= 4 is 23.5 Å². The van der Waals surface area contributed by atoms with Gasteiger partial charge in [0, 0.05) is 30.1 Å². The molecule has 3 atom stereocenters. The maximum atomic E-state index is 14.3. The second-order valence-electron chi connectivity index (χ2n) is 6.74. The van der Waals surface area contributed by atoms with Crippen LogP contribution >= 0.6 is 11.6 Å². The van der Waals surface area contributed by atoms with Gasteiger partial charge in [0.25, 0.3) is 0 Å². The summed E-state index contributed by atoms with van der Waals surface area (Å²) in [4.78, 5) is 16.1. The van der Waals surface area contributed by atoms with Gasteiger partial charge in [-0.2, -0.15) is 0 Å². The fourth-order valence-electron chi connectivity index (χ4n) is 3.60. The van der Waals surface area contributed by atoms with E-state index in [1.165, 1.54) is 6.20 Å². The molecule has 0 radical (unpaired) electrons. The number of hydrogen-bond donors (Lipinski definition) is 2. The summed E-state index contributed by atoms with van der Waals surface area (Å²) in [6.45, 7) is 0.536. The van der Waals surface area contributed by atoms with Gasteiger partial charge in [0.15, 0.2) is 17.5 Å². The Morgan fingerprint density at radius 3 is 3.12 bits per heavy atom. The molecule has 4 rings (SSSR count). The molecule has 0 spiro atoms. The Morgan fingerprint density at radius 2 is 2.27 bits per heavy atom. The van der Waals surface area contributed by atoms with Gasteiger partial charge in [0.2, 0.25) is 0 Å². The highest BCUT2D eigenvalue weighted by molar-refractivity contribution is 6.24. The van der Waals surface area contributed by atoms with E-state index in [0.717, 1.165) is 42.0 Å². The molecule has 8 heteroatoms. The molecule has 0 aromatic carbocycles. The van der Waals surface area contributed by atoms with Gasteiger partial charge in [0.1, 0.15) is 5.49 Å². The summed E-state index contributed by atoms with van der Waals surface area (Å²) < 4.78 is 19.7. The van der Waals surface area contributed by atoms with Gasteiger partial charge in [-0.15, -0.1) is 11.6 Å². The Kier molecular flexibility index (Phi) is 4.91. The topological polar surface area (TPSA) is 75.2 Å². The van der Waals surface area contributed by atoms with Gasteiger partial charge >= 0.3 is 0 Å². The molecule has 3 unspecified atom stereocenters. The molecular formula is C18H21ClFN5O. The maximum Gasteiger partial charge on any atom is 0.183 e. The standard InChI is InChI=1S/C18H21ClFN5O/c1-26-12-4-2-3-11(6-12)24-18-15(20)9-23-17(25-18)14-8-22-16-13(14)5-10(19)7-21-16/h5,8-12H,2-4,6-7H2,1H3,(H,21,22)(H,23,24,25). The molecule has 26 heavy (non-hydrogen) atoms. The minimum atomic E-state index is -0.457. The van der Waals surface area contributed by atoms with Crippen molar-refractivity contribution in [1.82, 2.24) is 15.0 Å². The van der Waals surface area contributed by atoms with Crippen molar-refractivity contribution in [3.63, 3.8) is 0 Å². The number of hydrogen-bond acceptors (Lipinski definition) is 5. The van der Waals surface area contributed by atoms with Gasteiger partial charge in [-0.25, -0.2) is 14.4 Å². The van der Waals surface area contributed by atoms with Crippen LogP contribution in [0.25, 0.3) is 17.5 Å². The number of nitrogens with zero attached hydrogens (tertiary/aromatic N) is 3. The SMILES string of the molecule is COC1CCCC(Nc2nc(-c3c[nH]c4c3=CC(Cl)CN=4)ncc2F)C1. The zero-order chi connectivity index (χ0) is 18.1. The fourth-order valence-corrected chi connectivity index (χ4v) is 3.80. The minimum Gasteiger partial charge on any atom is -0.381 e. The third kappa shape index (κ3) is 3.46. The number of aromatic nitrogens is 3. The van der Waals surface area contributed by atoms with Gasteiger partial charge in [-0.3, -0.25) is 4.99 Å². The number of halogens is 2. The molecule has 6 nitrogen and oxygen atoms in total. The summed E-state index contributed by atoms with van der Waals surface area (Å²) in [6.07, 6.45) is 9.04. The third-order valence-corrected chi connectivity index (χ3v) is 5.22. The zero-order valence-corrected chi connectivity index (χ0v) is 15.3. The first-order valence-corrected chi connectivity index (χ1v) is 9.27. The van der Waals surface area contributed by atoms with Crippen molar-refractivity contribution in [2.45, 2.75) is 43.2 Å². The second kappa shape index (κ2) is 7.32. The number of aromatic amines is 1. The van der Waals surface area contributed by atoms with Crippen LogP contribution in [0.2, 0.25) is 0 Å². The predicted molar refractivity (Wildman–Crippen MR) is 98.2 cm³/mol. The highest BCUT2D eigenvalue weighted by Crippen LogP contribution is 2.25. The zero-order valence-electron chi connectivity index (χ0n) is 14.5. The van der Waals surface area contributed by atoms with E-state index in [4.69, 9.17) is 16.3 Å². The van der Waals surface area contributed by atoms with E-state index in [9.17, 15) is 4.39 Å². The van der Waals surface area contributed by atoms with Crippen LogP contribution < -0.4 is 16.0 Å². The predicted octanol–water partition coefficient (Wildman–Crippen LogP) is 2.00. The van der Waals surface area contributed by atoms with E-state index >= 15 is 0 Å². The number of H-pyrrole nitrogens is 1. The molecule has 1 fully saturated rings. The Morgan fingerprint density at radius 1 is 1.38 bits per heavy atom. The number of alkyl halides is 1.